The summed E-state index contributed by atoms with van der Waals surface area (Å²) in [6.45, 7) is 0. The lowest BCUT2D eigenvalue weighted by atomic mass is 9.74. The molecule has 1 fully saturated rings. The van der Waals surface area contributed by atoms with Gasteiger partial charge in [-0.15, -0.1) is 0 Å². The number of halogens is 1. The monoisotopic (exact) mass is 275 g/mol. The van der Waals surface area contributed by atoms with Gasteiger partial charge in [0.25, 0.3) is 0 Å². The highest BCUT2D eigenvalue weighted by Gasteiger charge is 2.37. The van der Waals surface area contributed by atoms with E-state index in [1.165, 1.54) is 17.8 Å². The Hall–Kier alpha value is -1.75. The zero-order valence-corrected chi connectivity index (χ0v) is 11.1. The van der Waals surface area contributed by atoms with Crippen molar-refractivity contribution >= 4 is 28.7 Å². The molecular formula is C14H14FN3S. The van der Waals surface area contributed by atoms with Crippen LogP contribution in [0.25, 0.3) is 0 Å². The van der Waals surface area contributed by atoms with Gasteiger partial charge in [0, 0.05) is 17.3 Å². The van der Waals surface area contributed by atoms with Gasteiger partial charge in [0.05, 0.1) is 0 Å². The highest BCUT2D eigenvalue weighted by molar-refractivity contribution is 7.80. The molecule has 98 valence electrons. The third-order valence-corrected chi connectivity index (χ3v) is 3.76. The molecule has 0 bridgehead atoms. The van der Waals surface area contributed by atoms with Crippen LogP contribution in [0, 0.1) is 17.7 Å². The zero-order valence-electron chi connectivity index (χ0n) is 10.3. The molecule has 2 aliphatic carbocycles. The third kappa shape index (κ3) is 2.66. The van der Waals surface area contributed by atoms with Crippen molar-refractivity contribution in [3.63, 3.8) is 0 Å². The van der Waals surface area contributed by atoms with E-state index in [1.54, 1.807) is 12.1 Å². The van der Waals surface area contributed by atoms with Gasteiger partial charge in [-0.3, -0.25) is 5.43 Å². The standard InChI is InChI=1S/C14H14FN3S/c15-10-4-6-11(7-5-10)16-14(19)18-17-13-8-9-2-1-3-12(9)13/h1-2,4-7,9,12H,3,8H2,(H2,16,18,19)/b17-13-/t9-,12-/m0/s1. The van der Waals surface area contributed by atoms with Gasteiger partial charge in [0.15, 0.2) is 5.11 Å². The topological polar surface area (TPSA) is 36.4 Å². The number of hydrogen-bond donors (Lipinski definition) is 2. The Morgan fingerprint density at radius 3 is 2.84 bits per heavy atom. The summed E-state index contributed by atoms with van der Waals surface area (Å²) in [4.78, 5) is 0. The number of thiocarbonyl (C=S) groups is 1. The molecule has 0 aliphatic heterocycles. The molecule has 2 atom stereocenters. The molecule has 0 heterocycles. The van der Waals surface area contributed by atoms with E-state index in [-0.39, 0.29) is 5.82 Å². The minimum Gasteiger partial charge on any atom is -0.331 e. The van der Waals surface area contributed by atoms with Crippen molar-refractivity contribution in [3.05, 3.63) is 42.2 Å². The number of benzene rings is 1. The van der Waals surface area contributed by atoms with E-state index in [4.69, 9.17) is 12.2 Å². The van der Waals surface area contributed by atoms with Crippen LogP contribution < -0.4 is 10.7 Å². The normalized spacial score (nSPS) is 25.8. The summed E-state index contributed by atoms with van der Waals surface area (Å²) in [5.74, 6) is 0.985. The Labute approximate surface area is 116 Å². The van der Waals surface area contributed by atoms with Crippen LogP contribution in [0.4, 0.5) is 10.1 Å². The van der Waals surface area contributed by atoms with E-state index >= 15 is 0 Å². The van der Waals surface area contributed by atoms with Crippen LogP contribution in [0.5, 0.6) is 0 Å². The molecule has 2 N–H and O–H groups in total. The minimum absolute atomic E-state index is 0.265. The number of fused-ring (bicyclic) bond motifs is 1. The molecule has 19 heavy (non-hydrogen) atoms. The summed E-state index contributed by atoms with van der Waals surface area (Å²) in [6, 6.07) is 6.04. The number of hydrogen-bond acceptors (Lipinski definition) is 2. The molecule has 1 aromatic rings. The van der Waals surface area contributed by atoms with Crippen LogP contribution in [-0.2, 0) is 0 Å². The first-order valence-corrected chi connectivity index (χ1v) is 6.69. The number of nitrogens with zero attached hydrogens (tertiary/aromatic N) is 1. The molecule has 0 spiro atoms. The van der Waals surface area contributed by atoms with Crippen LogP contribution in [0.1, 0.15) is 12.8 Å². The molecular weight excluding hydrogens is 261 g/mol. The highest BCUT2D eigenvalue weighted by Crippen LogP contribution is 2.39. The van der Waals surface area contributed by atoms with E-state index in [0.29, 0.717) is 16.9 Å². The maximum absolute atomic E-state index is 12.8. The van der Waals surface area contributed by atoms with Gasteiger partial charge in [0.1, 0.15) is 5.82 Å². The fourth-order valence-corrected chi connectivity index (χ4v) is 2.64. The van der Waals surface area contributed by atoms with Gasteiger partial charge in [-0.25, -0.2) is 4.39 Å². The zero-order chi connectivity index (χ0) is 13.2. The van der Waals surface area contributed by atoms with Gasteiger partial charge in [-0.2, -0.15) is 5.10 Å². The first-order valence-electron chi connectivity index (χ1n) is 6.28. The molecule has 1 aromatic carbocycles. The van der Waals surface area contributed by atoms with Gasteiger partial charge in [0.2, 0.25) is 0 Å². The van der Waals surface area contributed by atoms with Crippen LogP contribution in [0.2, 0.25) is 0 Å². The van der Waals surface area contributed by atoms with Crippen molar-refractivity contribution in [1.29, 1.82) is 0 Å². The molecule has 5 heteroatoms. The second-order valence-electron chi connectivity index (χ2n) is 4.81. The summed E-state index contributed by atoms with van der Waals surface area (Å²) in [5.41, 5.74) is 4.77. The Bertz CT molecular complexity index is 550. The van der Waals surface area contributed by atoms with Gasteiger partial charge in [-0.05, 0) is 55.2 Å². The average Bonchev–Trinajstić information content (AvgIpc) is 2.74. The van der Waals surface area contributed by atoms with E-state index in [9.17, 15) is 4.39 Å². The lowest BCUT2D eigenvalue weighted by Gasteiger charge is -2.31. The molecule has 0 saturated heterocycles. The molecule has 0 unspecified atom stereocenters. The number of rotatable bonds is 2. The van der Waals surface area contributed by atoms with Gasteiger partial charge >= 0.3 is 0 Å². The molecule has 0 amide bonds. The SMILES string of the molecule is Fc1ccc(NC(=S)N/N=C2/C[C@@H]3C=CC[C@H]23)cc1. The van der Waals surface area contributed by atoms with Gasteiger partial charge < -0.3 is 5.32 Å². The van der Waals surface area contributed by atoms with Gasteiger partial charge in [-0.1, -0.05) is 12.2 Å². The Morgan fingerprint density at radius 2 is 2.11 bits per heavy atom. The lowest BCUT2D eigenvalue weighted by Crippen LogP contribution is -2.36. The molecule has 0 radical (unpaired) electrons. The largest absolute Gasteiger partial charge is 0.331 e. The first kappa shape index (κ1) is 12.3. The van der Waals surface area contributed by atoms with Crippen LogP contribution >= 0.6 is 12.2 Å². The molecule has 1 saturated carbocycles. The highest BCUT2D eigenvalue weighted by atomic mass is 32.1. The minimum atomic E-state index is -0.265. The number of hydrazone groups is 1. The number of anilines is 1. The maximum Gasteiger partial charge on any atom is 0.191 e. The van der Waals surface area contributed by atoms with Crippen molar-refractivity contribution in [1.82, 2.24) is 5.43 Å². The Morgan fingerprint density at radius 1 is 1.32 bits per heavy atom. The first-order chi connectivity index (χ1) is 9.22. The smallest absolute Gasteiger partial charge is 0.191 e. The van der Waals surface area contributed by atoms with Crippen molar-refractivity contribution in [3.8, 4) is 0 Å². The van der Waals surface area contributed by atoms with E-state index < -0.39 is 0 Å². The Kier molecular flexibility index (Phi) is 3.29. The maximum atomic E-state index is 12.8. The van der Waals surface area contributed by atoms with E-state index in [1.807, 2.05) is 0 Å². The average molecular weight is 275 g/mol. The van der Waals surface area contributed by atoms with Crippen molar-refractivity contribution in [2.75, 3.05) is 5.32 Å². The third-order valence-electron chi connectivity index (χ3n) is 3.57. The lowest BCUT2D eigenvalue weighted by molar-refractivity contribution is 0.463. The Balaban J connectivity index is 1.52. The molecule has 0 aromatic heterocycles. The second-order valence-corrected chi connectivity index (χ2v) is 5.22. The van der Waals surface area contributed by atoms with Crippen molar-refractivity contribution in [2.24, 2.45) is 16.9 Å². The van der Waals surface area contributed by atoms with Crippen LogP contribution in [0.3, 0.4) is 0 Å². The van der Waals surface area contributed by atoms with Crippen LogP contribution in [0.15, 0.2) is 41.5 Å². The fraction of sp³-hybridized carbons (Fsp3) is 0.286. The summed E-state index contributed by atoms with van der Waals surface area (Å²) in [6.07, 6.45) is 6.59. The van der Waals surface area contributed by atoms with E-state index in [2.05, 4.69) is 28.0 Å². The molecule has 3 nitrogen and oxygen atoms in total. The fourth-order valence-electron chi connectivity index (χ4n) is 2.48. The predicted octanol–water partition coefficient (Wildman–Crippen LogP) is 3.06. The molecule has 2 aliphatic rings. The predicted molar refractivity (Wildman–Crippen MR) is 78.5 cm³/mol. The van der Waals surface area contributed by atoms with Crippen LogP contribution in [-0.4, -0.2) is 10.8 Å². The quantitative estimate of drug-likeness (QED) is 0.495. The second kappa shape index (κ2) is 5.09. The van der Waals surface area contributed by atoms with Crippen molar-refractivity contribution < 1.29 is 4.39 Å². The number of allylic oxidation sites excluding steroid dienone is 2. The van der Waals surface area contributed by atoms with Crippen molar-refractivity contribution in [2.45, 2.75) is 12.8 Å². The summed E-state index contributed by atoms with van der Waals surface area (Å²) >= 11 is 5.14. The summed E-state index contributed by atoms with van der Waals surface area (Å²) in [5, 5.41) is 7.72. The van der Waals surface area contributed by atoms with E-state index in [0.717, 1.165) is 18.5 Å². The summed E-state index contributed by atoms with van der Waals surface area (Å²) in [7, 11) is 0. The number of nitrogens with one attached hydrogen (secondary N) is 2. The summed E-state index contributed by atoms with van der Waals surface area (Å²) < 4.78 is 12.8. The molecule has 3 rings (SSSR count).